The summed E-state index contributed by atoms with van der Waals surface area (Å²) in [6, 6.07) is 23.6. The summed E-state index contributed by atoms with van der Waals surface area (Å²) in [6.45, 7) is 5.76. The molecule has 0 N–H and O–H groups in total. The summed E-state index contributed by atoms with van der Waals surface area (Å²) in [4.78, 5) is 44.7. The monoisotopic (exact) mass is 592 g/mol. The van der Waals surface area contributed by atoms with Crippen molar-refractivity contribution in [1.82, 2.24) is 4.57 Å². The van der Waals surface area contributed by atoms with Crippen LogP contribution in [0.25, 0.3) is 28.2 Å². The molecule has 6 rings (SSSR count). The highest BCUT2D eigenvalue weighted by Crippen LogP contribution is 2.35. The molecule has 1 aliphatic rings. The van der Waals surface area contributed by atoms with Gasteiger partial charge >= 0.3 is 11.9 Å². The van der Waals surface area contributed by atoms with Crippen molar-refractivity contribution in [3.63, 3.8) is 0 Å². The Kier molecular flexibility index (Phi) is 7.65. The molecular formula is C34H28N2O6S. The molecule has 3 aromatic carbocycles. The molecule has 3 heterocycles. The lowest BCUT2D eigenvalue weighted by Crippen LogP contribution is -2.40. The normalized spacial score (nSPS) is 14.9. The highest BCUT2D eigenvalue weighted by Gasteiger charge is 2.34. The Hall–Kier alpha value is -5.02. The number of carbonyl (C=O) groups excluding carboxylic acids is 2. The zero-order valence-electron chi connectivity index (χ0n) is 23.8. The standard InChI is InChI=1S/C34H28N2O6S/c1-4-40-32(38)23-13-8-12-22(18-23)27-17-16-24(42-27)19-28-31(37)36-30(26-15-9-11-21-10-6-7-14-25(21)26)29(33(39)41-5-2)20(3)35-34(36)43-28/h6-19,30H,4-5H2,1-3H3/b28-19-/t30-/m0/s1. The Morgan fingerprint density at radius 2 is 1.70 bits per heavy atom. The molecule has 0 saturated carbocycles. The summed E-state index contributed by atoms with van der Waals surface area (Å²) < 4.78 is 18.6. The van der Waals surface area contributed by atoms with Gasteiger partial charge in [0.15, 0.2) is 4.80 Å². The molecule has 9 heteroatoms. The highest BCUT2D eigenvalue weighted by atomic mass is 32.1. The van der Waals surface area contributed by atoms with Gasteiger partial charge in [-0.3, -0.25) is 9.36 Å². The molecule has 1 atom stereocenters. The second kappa shape index (κ2) is 11.7. The minimum absolute atomic E-state index is 0.200. The quantitative estimate of drug-likeness (QED) is 0.235. The summed E-state index contributed by atoms with van der Waals surface area (Å²) in [7, 11) is 0. The molecule has 0 spiro atoms. The molecule has 0 fully saturated rings. The van der Waals surface area contributed by atoms with Crippen LogP contribution in [0.5, 0.6) is 0 Å². The van der Waals surface area contributed by atoms with E-state index in [2.05, 4.69) is 4.99 Å². The first-order chi connectivity index (χ1) is 20.9. The van der Waals surface area contributed by atoms with Gasteiger partial charge in [0.1, 0.15) is 11.5 Å². The lowest BCUT2D eigenvalue weighted by Gasteiger charge is -2.25. The Bertz CT molecular complexity index is 2090. The maximum absolute atomic E-state index is 14.0. The first kappa shape index (κ1) is 28.1. The number of ether oxygens (including phenoxy) is 2. The Balaban J connectivity index is 1.47. The molecule has 43 heavy (non-hydrogen) atoms. The fraction of sp³-hybridized carbons (Fsp3) is 0.176. The highest BCUT2D eigenvalue weighted by molar-refractivity contribution is 7.07. The molecule has 216 valence electrons. The van der Waals surface area contributed by atoms with Crippen molar-refractivity contribution in [3.8, 4) is 11.3 Å². The molecule has 2 aromatic heterocycles. The zero-order chi connectivity index (χ0) is 30.1. The van der Waals surface area contributed by atoms with Gasteiger partial charge in [0.25, 0.3) is 5.56 Å². The number of hydrogen-bond donors (Lipinski definition) is 0. The van der Waals surface area contributed by atoms with Crippen LogP contribution in [0, 0.1) is 0 Å². The third kappa shape index (κ3) is 5.23. The number of rotatable bonds is 7. The Morgan fingerprint density at radius 1 is 0.953 bits per heavy atom. The number of aromatic nitrogens is 1. The number of nitrogens with zero attached hydrogens (tertiary/aromatic N) is 2. The topological polar surface area (TPSA) is 100 Å². The Morgan fingerprint density at radius 3 is 2.51 bits per heavy atom. The van der Waals surface area contributed by atoms with Gasteiger partial charge in [-0.1, -0.05) is 65.9 Å². The van der Waals surface area contributed by atoms with Gasteiger partial charge in [-0.15, -0.1) is 0 Å². The van der Waals surface area contributed by atoms with Crippen LogP contribution in [0.1, 0.15) is 48.5 Å². The van der Waals surface area contributed by atoms with Gasteiger partial charge in [-0.05, 0) is 61.4 Å². The lowest BCUT2D eigenvalue weighted by molar-refractivity contribution is -0.139. The van der Waals surface area contributed by atoms with Crippen molar-refractivity contribution in [2.45, 2.75) is 26.8 Å². The van der Waals surface area contributed by atoms with Crippen LogP contribution in [-0.2, 0) is 14.3 Å². The third-order valence-electron chi connectivity index (χ3n) is 7.19. The molecule has 0 bridgehead atoms. The molecule has 0 radical (unpaired) electrons. The van der Waals surface area contributed by atoms with E-state index in [0.717, 1.165) is 16.3 Å². The van der Waals surface area contributed by atoms with E-state index >= 15 is 0 Å². The number of esters is 2. The van der Waals surface area contributed by atoms with E-state index in [1.807, 2.05) is 48.5 Å². The number of benzene rings is 3. The summed E-state index contributed by atoms with van der Waals surface area (Å²) in [5.74, 6) is 0.0937. The average Bonchev–Trinajstić information content (AvgIpc) is 3.60. The van der Waals surface area contributed by atoms with Gasteiger partial charge in [-0.25, -0.2) is 14.6 Å². The number of allylic oxidation sites excluding steroid dienone is 1. The van der Waals surface area contributed by atoms with Crippen LogP contribution < -0.4 is 14.9 Å². The maximum atomic E-state index is 14.0. The molecular weight excluding hydrogens is 564 g/mol. The van der Waals surface area contributed by atoms with E-state index in [4.69, 9.17) is 13.9 Å². The van der Waals surface area contributed by atoms with Gasteiger partial charge in [0.2, 0.25) is 0 Å². The lowest BCUT2D eigenvalue weighted by atomic mass is 9.91. The van der Waals surface area contributed by atoms with E-state index < -0.39 is 18.0 Å². The van der Waals surface area contributed by atoms with Crippen LogP contribution in [0.2, 0.25) is 0 Å². The first-order valence-electron chi connectivity index (χ1n) is 13.9. The maximum Gasteiger partial charge on any atom is 0.338 e. The van der Waals surface area contributed by atoms with Crippen LogP contribution in [0.15, 0.2) is 104 Å². The number of fused-ring (bicyclic) bond motifs is 2. The SMILES string of the molecule is CCOC(=O)C1=C(C)N=c2s/c(=C\c3ccc(-c4cccc(C(=O)OCC)c4)o3)c(=O)n2[C@H]1c1cccc2ccccc12. The number of furan rings is 1. The van der Waals surface area contributed by atoms with Crippen LogP contribution in [0.4, 0.5) is 0 Å². The van der Waals surface area contributed by atoms with Crippen molar-refractivity contribution in [2.24, 2.45) is 4.99 Å². The zero-order valence-corrected chi connectivity index (χ0v) is 24.6. The van der Waals surface area contributed by atoms with Crippen molar-refractivity contribution < 1.29 is 23.5 Å². The molecule has 0 amide bonds. The van der Waals surface area contributed by atoms with E-state index in [-0.39, 0.29) is 18.8 Å². The molecule has 0 aliphatic carbocycles. The first-order valence-corrected chi connectivity index (χ1v) is 14.8. The number of hydrogen-bond acceptors (Lipinski definition) is 8. The number of thiazole rings is 1. The van der Waals surface area contributed by atoms with Crippen LogP contribution in [-0.4, -0.2) is 29.7 Å². The summed E-state index contributed by atoms with van der Waals surface area (Å²) in [6.07, 6.45) is 1.67. The predicted molar refractivity (Wildman–Crippen MR) is 164 cm³/mol. The van der Waals surface area contributed by atoms with Crippen molar-refractivity contribution in [2.75, 3.05) is 13.2 Å². The van der Waals surface area contributed by atoms with Crippen molar-refractivity contribution >= 4 is 40.1 Å². The molecule has 8 nitrogen and oxygen atoms in total. The van der Waals surface area contributed by atoms with Crippen LogP contribution in [0.3, 0.4) is 0 Å². The van der Waals surface area contributed by atoms with Crippen molar-refractivity contribution in [3.05, 3.63) is 127 Å². The van der Waals surface area contributed by atoms with E-state index in [1.165, 1.54) is 11.3 Å². The predicted octanol–water partition coefficient (Wildman–Crippen LogP) is 5.39. The largest absolute Gasteiger partial charge is 0.463 e. The van der Waals surface area contributed by atoms with Crippen molar-refractivity contribution in [1.29, 1.82) is 0 Å². The Labute approximate surface area is 250 Å². The van der Waals surface area contributed by atoms with Gasteiger partial charge in [0, 0.05) is 11.6 Å². The minimum atomic E-state index is -0.721. The fourth-order valence-corrected chi connectivity index (χ4v) is 6.33. The number of carbonyl (C=O) groups is 2. The second-order valence-corrected chi connectivity index (χ2v) is 10.9. The van der Waals surface area contributed by atoms with Gasteiger partial charge in [0.05, 0.1) is 40.6 Å². The van der Waals surface area contributed by atoms with Gasteiger partial charge < -0.3 is 13.9 Å². The average molecular weight is 593 g/mol. The summed E-state index contributed by atoms with van der Waals surface area (Å²) in [5, 5.41) is 1.93. The summed E-state index contributed by atoms with van der Waals surface area (Å²) in [5.41, 5.74) is 2.48. The van der Waals surface area contributed by atoms with E-state index in [0.29, 0.717) is 43.3 Å². The molecule has 5 aromatic rings. The summed E-state index contributed by atoms with van der Waals surface area (Å²) >= 11 is 1.23. The van der Waals surface area contributed by atoms with E-state index in [9.17, 15) is 14.4 Å². The van der Waals surface area contributed by atoms with Crippen LogP contribution >= 0.6 is 11.3 Å². The molecule has 0 unspecified atom stereocenters. The van der Waals surface area contributed by atoms with Gasteiger partial charge in [-0.2, -0.15) is 0 Å². The smallest absolute Gasteiger partial charge is 0.338 e. The minimum Gasteiger partial charge on any atom is -0.463 e. The fourth-order valence-electron chi connectivity index (χ4n) is 5.30. The molecule has 1 aliphatic heterocycles. The second-order valence-electron chi connectivity index (χ2n) is 9.87. The third-order valence-corrected chi connectivity index (χ3v) is 8.18. The molecule has 0 saturated heterocycles. The van der Waals surface area contributed by atoms with E-state index in [1.54, 1.807) is 61.7 Å².